The van der Waals surface area contributed by atoms with Gasteiger partial charge in [-0.15, -0.1) is 0 Å². The molecule has 5 heteroatoms. The molecule has 17 heavy (non-hydrogen) atoms. The highest BCUT2D eigenvalue weighted by Crippen LogP contribution is 2.42. The largest absolute Gasteiger partial charge is 0.341 e. The Morgan fingerprint density at radius 2 is 2.29 bits per heavy atom. The first-order valence-corrected chi connectivity index (χ1v) is 6.70. The molecule has 0 amide bonds. The zero-order valence-corrected chi connectivity index (χ0v) is 11.1. The van der Waals surface area contributed by atoms with Crippen molar-refractivity contribution >= 4 is 27.1 Å². The molecule has 0 spiro atoms. The summed E-state index contributed by atoms with van der Waals surface area (Å²) >= 11 is 3.41. The number of imidazole rings is 1. The number of nitrogens with one attached hydrogen (secondary N) is 1. The van der Waals surface area contributed by atoms with Crippen LogP contribution in [-0.4, -0.2) is 21.5 Å². The number of H-pyrrole nitrogens is 1. The normalized spacial score (nSPS) is 18.2. The third-order valence-electron chi connectivity index (χ3n) is 3.74. The van der Waals surface area contributed by atoms with E-state index in [1.165, 1.54) is 19.3 Å². The molecule has 0 aliphatic heterocycles. The number of nitrogens with zero attached hydrogens (tertiary/aromatic N) is 2. The van der Waals surface area contributed by atoms with E-state index in [-0.39, 0.29) is 5.41 Å². The highest BCUT2D eigenvalue weighted by Gasteiger charge is 2.36. The molecule has 3 N–H and O–H groups in total. The van der Waals surface area contributed by atoms with Crippen LogP contribution in [0.25, 0.3) is 11.2 Å². The van der Waals surface area contributed by atoms with E-state index in [2.05, 4.69) is 30.9 Å². The first-order chi connectivity index (χ1) is 8.21. The van der Waals surface area contributed by atoms with Crippen LogP contribution in [0.4, 0.5) is 0 Å². The van der Waals surface area contributed by atoms with Gasteiger partial charge < -0.3 is 10.7 Å². The number of hydrogen-bond donors (Lipinski definition) is 2. The van der Waals surface area contributed by atoms with Crippen LogP contribution in [0.2, 0.25) is 0 Å². The van der Waals surface area contributed by atoms with Crippen LogP contribution in [-0.2, 0) is 6.42 Å². The average Bonchev–Trinajstić information content (AvgIpc) is 2.65. The maximum Gasteiger partial charge on any atom is 0.177 e. The molecule has 0 atom stereocenters. The van der Waals surface area contributed by atoms with Crippen LogP contribution in [0.3, 0.4) is 0 Å². The lowest BCUT2D eigenvalue weighted by molar-refractivity contribution is 0.142. The molecule has 3 rings (SSSR count). The van der Waals surface area contributed by atoms with Crippen LogP contribution < -0.4 is 5.73 Å². The van der Waals surface area contributed by atoms with Crippen LogP contribution in [0, 0.1) is 5.41 Å². The number of aromatic amines is 1. The van der Waals surface area contributed by atoms with E-state index in [1.807, 2.05) is 6.07 Å². The van der Waals surface area contributed by atoms with Crippen LogP contribution in [0.1, 0.15) is 25.1 Å². The van der Waals surface area contributed by atoms with Crippen LogP contribution in [0.15, 0.2) is 16.7 Å². The summed E-state index contributed by atoms with van der Waals surface area (Å²) in [5.41, 5.74) is 7.93. The first-order valence-electron chi connectivity index (χ1n) is 5.91. The molecule has 0 radical (unpaired) electrons. The van der Waals surface area contributed by atoms with Gasteiger partial charge in [-0.05, 0) is 46.8 Å². The number of hydrogen-bond acceptors (Lipinski definition) is 3. The third-order valence-corrected chi connectivity index (χ3v) is 4.18. The van der Waals surface area contributed by atoms with Gasteiger partial charge in [0, 0.05) is 17.1 Å². The zero-order valence-electron chi connectivity index (χ0n) is 9.54. The van der Waals surface area contributed by atoms with Crippen molar-refractivity contribution in [2.24, 2.45) is 11.1 Å². The van der Waals surface area contributed by atoms with Gasteiger partial charge in [0.1, 0.15) is 5.82 Å². The van der Waals surface area contributed by atoms with Crippen molar-refractivity contribution in [1.29, 1.82) is 0 Å². The minimum Gasteiger partial charge on any atom is -0.341 e. The van der Waals surface area contributed by atoms with Crippen molar-refractivity contribution in [1.82, 2.24) is 15.0 Å². The summed E-state index contributed by atoms with van der Waals surface area (Å²) in [7, 11) is 0. The fraction of sp³-hybridized carbons (Fsp3) is 0.500. The molecule has 1 saturated carbocycles. The molecule has 1 aliphatic carbocycles. The minimum atomic E-state index is 0.283. The standard InChI is InChI=1S/C12H15BrN4/c13-8-4-9-11(15-6-8)17-10(16-9)5-12(7-14)2-1-3-12/h4,6H,1-3,5,7,14H2,(H,15,16,17). The third kappa shape index (κ3) is 1.98. The van der Waals surface area contributed by atoms with Gasteiger partial charge in [-0.3, -0.25) is 0 Å². The van der Waals surface area contributed by atoms with Crippen molar-refractivity contribution in [3.8, 4) is 0 Å². The second-order valence-corrected chi connectivity index (χ2v) is 5.86. The maximum atomic E-state index is 5.87. The summed E-state index contributed by atoms with van der Waals surface area (Å²) in [6, 6.07) is 2.01. The molecular formula is C12H15BrN4. The fourth-order valence-corrected chi connectivity index (χ4v) is 2.82. The molecule has 90 valence electrons. The predicted octanol–water partition coefficient (Wildman–Crippen LogP) is 2.39. The maximum absolute atomic E-state index is 5.87. The number of nitrogens with two attached hydrogens (primary N) is 1. The molecule has 0 saturated heterocycles. The van der Waals surface area contributed by atoms with Gasteiger partial charge in [0.25, 0.3) is 0 Å². The lowest BCUT2D eigenvalue weighted by atomic mass is 9.66. The van der Waals surface area contributed by atoms with E-state index >= 15 is 0 Å². The summed E-state index contributed by atoms with van der Waals surface area (Å²) < 4.78 is 0.970. The van der Waals surface area contributed by atoms with E-state index in [0.29, 0.717) is 0 Å². The molecule has 2 aromatic heterocycles. The Morgan fingerprint density at radius 1 is 1.47 bits per heavy atom. The van der Waals surface area contributed by atoms with E-state index in [4.69, 9.17) is 5.73 Å². The monoisotopic (exact) mass is 294 g/mol. The Morgan fingerprint density at radius 3 is 2.94 bits per heavy atom. The SMILES string of the molecule is NCC1(Cc2nc3ncc(Br)cc3[nH]2)CCC1. The predicted molar refractivity (Wildman–Crippen MR) is 70.6 cm³/mol. The van der Waals surface area contributed by atoms with Gasteiger partial charge in [-0.2, -0.15) is 0 Å². The molecule has 0 bridgehead atoms. The van der Waals surface area contributed by atoms with E-state index < -0.39 is 0 Å². The molecule has 4 nitrogen and oxygen atoms in total. The molecule has 1 aliphatic rings. The summed E-state index contributed by atoms with van der Waals surface area (Å²) in [6.07, 6.45) is 6.45. The zero-order chi connectivity index (χ0) is 11.9. The quantitative estimate of drug-likeness (QED) is 0.913. The second kappa shape index (κ2) is 4.07. The van der Waals surface area contributed by atoms with E-state index in [1.54, 1.807) is 6.20 Å². The van der Waals surface area contributed by atoms with Gasteiger partial charge in [-0.1, -0.05) is 6.42 Å². The highest BCUT2D eigenvalue weighted by molar-refractivity contribution is 9.10. The first kappa shape index (κ1) is 11.2. The Labute approximate surface area is 108 Å². The van der Waals surface area contributed by atoms with E-state index in [9.17, 15) is 0 Å². The Hall–Kier alpha value is -0.940. The van der Waals surface area contributed by atoms with Gasteiger partial charge in [0.15, 0.2) is 5.65 Å². The summed E-state index contributed by atoms with van der Waals surface area (Å²) in [6.45, 7) is 0.751. The van der Waals surface area contributed by atoms with Gasteiger partial charge in [-0.25, -0.2) is 9.97 Å². The highest BCUT2D eigenvalue weighted by atomic mass is 79.9. The number of halogens is 1. The van der Waals surface area contributed by atoms with Gasteiger partial charge in [0.05, 0.1) is 5.52 Å². The molecule has 2 aromatic rings. The summed E-state index contributed by atoms with van der Waals surface area (Å²) in [4.78, 5) is 12.1. The second-order valence-electron chi connectivity index (χ2n) is 4.94. The van der Waals surface area contributed by atoms with Crippen LogP contribution >= 0.6 is 15.9 Å². The van der Waals surface area contributed by atoms with Crippen molar-refractivity contribution in [2.45, 2.75) is 25.7 Å². The average molecular weight is 295 g/mol. The summed E-state index contributed by atoms with van der Waals surface area (Å²) in [5.74, 6) is 1.01. The molecular weight excluding hydrogens is 280 g/mol. The van der Waals surface area contributed by atoms with Gasteiger partial charge in [0.2, 0.25) is 0 Å². The molecule has 0 unspecified atom stereocenters. The Kier molecular flexibility index (Phi) is 2.67. The fourth-order valence-electron chi connectivity index (χ4n) is 2.49. The van der Waals surface area contributed by atoms with Crippen LogP contribution in [0.5, 0.6) is 0 Å². The van der Waals surface area contributed by atoms with Crippen molar-refractivity contribution in [3.63, 3.8) is 0 Å². The molecule has 0 aromatic carbocycles. The lowest BCUT2D eigenvalue weighted by Crippen LogP contribution is -2.39. The number of pyridine rings is 1. The smallest absolute Gasteiger partial charge is 0.177 e. The Balaban J connectivity index is 1.90. The number of aromatic nitrogens is 3. The lowest BCUT2D eigenvalue weighted by Gasteiger charge is -2.40. The molecule has 1 fully saturated rings. The van der Waals surface area contributed by atoms with Gasteiger partial charge >= 0.3 is 0 Å². The number of fused-ring (bicyclic) bond motifs is 1. The van der Waals surface area contributed by atoms with Crippen molar-refractivity contribution in [3.05, 3.63) is 22.6 Å². The van der Waals surface area contributed by atoms with Crippen molar-refractivity contribution < 1.29 is 0 Å². The summed E-state index contributed by atoms with van der Waals surface area (Å²) in [5, 5.41) is 0. The van der Waals surface area contributed by atoms with E-state index in [0.717, 1.165) is 34.4 Å². The topological polar surface area (TPSA) is 67.6 Å². The Bertz CT molecular complexity index is 539. The van der Waals surface area contributed by atoms with Crippen molar-refractivity contribution in [2.75, 3.05) is 6.54 Å². The minimum absolute atomic E-state index is 0.283. The number of rotatable bonds is 3. The molecule has 2 heterocycles.